The average Bonchev–Trinajstić information content (AvgIpc) is 3.52. The van der Waals surface area contributed by atoms with Crippen molar-refractivity contribution in [2.24, 2.45) is 0 Å². The number of pyridine rings is 1. The highest BCUT2D eigenvalue weighted by Gasteiger charge is 2.36. The molecule has 0 spiro atoms. The molecule has 1 saturated heterocycles. The van der Waals surface area contributed by atoms with Crippen molar-refractivity contribution in [3.05, 3.63) is 77.1 Å². The van der Waals surface area contributed by atoms with Gasteiger partial charge in [-0.15, -0.1) is 10.2 Å². The molecule has 0 saturated carbocycles. The number of hydrogen-bond acceptors (Lipinski definition) is 9. The fourth-order valence-corrected chi connectivity index (χ4v) is 6.80. The van der Waals surface area contributed by atoms with E-state index in [2.05, 4.69) is 67.9 Å². The summed E-state index contributed by atoms with van der Waals surface area (Å²) in [5, 5.41) is 17.8. The molecule has 1 fully saturated rings. The second kappa shape index (κ2) is 14.2. The van der Waals surface area contributed by atoms with E-state index >= 15 is 0 Å². The maximum atomic E-state index is 13.5. The van der Waals surface area contributed by atoms with E-state index in [1.54, 1.807) is 6.07 Å². The summed E-state index contributed by atoms with van der Waals surface area (Å²) in [7, 11) is 4.05. The van der Waals surface area contributed by atoms with E-state index in [4.69, 9.17) is 9.47 Å². The number of aromatic nitrogens is 5. The molecular weight excluding hydrogens is 646 g/mol. The predicted molar refractivity (Wildman–Crippen MR) is 195 cm³/mol. The van der Waals surface area contributed by atoms with E-state index in [0.717, 1.165) is 41.2 Å². The van der Waals surface area contributed by atoms with Gasteiger partial charge in [0.05, 0.1) is 17.9 Å². The summed E-state index contributed by atoms with van der Waals surface area (Å²) < 4.78 is 14.1. The normalized spacial score (nSPS) is 19.0. The van der Waals surface area contributed by atoms with Crippen LogP contribution in [0.3, 0.4) is 0 Å². The molecule has 2 atom stereocenters. The smallest absolute Gasteiger partial charge is 0.320 e. The molecule has 272 valence electrons. The number of rotatable bonds is 8. The first-order chi connectivity index (χ1) is 24.1. The molecule has 0 unspecified atom stereocenters. The first-order valence-corrected chi connectivity index (χ1v) is 17.7. The van der Waals surface area contributed by atoms with Crippen LogP contribution in [0.2, 0.25) is 0 Å². The van der Waals surface area contributed by atoms with E-state index in [9.17, 15) is 9.59 Å². The van der Waals surface area contributed by atoms with Crippen molar-refractivity contribution in [1.82, 2.24) is 40.1 Å². The van der Waals surface area contributed by atoms with Gasteiger partial charge >= 0.3 is 6.03 Å². The molecule has 4 aromatic rings. The van der Waals surface area contributed by atoms with Crippen LogP contribution < -0.4 is 20.7 Å². The van der Waals surface area contributed by atoms with Crippen LogP contribution in [0, 0.1) is 0 Å². The molecular formula is C38H51N9O4. The minimum Gasteiger partial charge on any atom is -0.484 e. The minimum absolute atomic E-state index is 0.0148. The third-order valence-corrected chi connectivity index (χ3v) is 9.95. The van der Waals surface area contributed by atoms with Crippen LogP contribution in [0.5, 0.6) is 5.75 Å². The molecule has 3 N–H and O–H groups in total. The number of hydrogen-bond donors (Lipinski definition) is 3. The number of carbonyl (C=O) groups excluding carboxylic acids is 2. The van der Waals surface area contributed by atoms with Gasteiger partial charge in [-0.05, 0) is 63.0 Å². The fraction of sp³-hybridized carbons (Fsp3) is 0.526. The Hall–Kier alpha value is -4.62. The van der Waals surface area contributed by atoms with Gasteiger partial charge in [0.15, 0.2) is 5.65 Å². The zero-order valence-corrected chi connectivity index (χ0v) is 31.0. The fourth-order valence-electron chi connectivity index (χ4n) is 6.80. The number of carbonyl (C=O) groups is 2. The molecule has 1 aromatic carbocycles. The standard InChI is InChI=1S/C38H51N9O4/c1-36(2,3)29-21-30(42-32(41-29)33(48)39-23-38(46(7)8)17-19-50-20-18-38)43-35(49)40-27-14-15-28(26-12-10-9-11-25(26)27)51-24-13-16-31-44-45-34(37(4,5)6)47(31)22-24/h9-13,16,21-22,27-28H,14-15,17-20,23H2,1-8H3,(H,39,48)(H2,40,41,42,43,49)/t27-,28+/m0/s1. The van der Waals surface area contributed by atoms with Crippen molar-refractivity contribution >= 4 is 23.4 Å². The summed E-state index contributed by atoms with van der Waals surface area (Å²) in [4.78, 5) is 38.2. The number of nitrogens with one attached hydrogen (secondary N) is 3. The summed E-state index contributed by atoms with van der Waals surface area (Å²) in [6, 6.07) is 12.9. The predicted octanol–water partition coefficient (Wildman–Crippen LogP) is 5.73. The van der Waals surface area contributed by atoms with Crippen LogP contribution in [-0.2, 0) is 15.6 Å². The highest BCUT2D eigenvalue weighted by atomic mass is 16.5. The minimum atomic E-state index is -0.416. The topological polar surface area (TPSA) is 148 Å². The van der Waals surface area contributed by atoms with E-state index in [1.807, 2.05) is 75.8 Å². The summed E-state index contributed by atoms with van der Waals surface area (Å²) >= 11 is 0. The van der Waals surface area contributed by atoms with E-state index in [0.29, 0.717) is 38.3 Å². The van der Waals surface area contributed by atoms with Gasteiger partial charge in [0.1, 0.15) is 23.5 Å². The molecule has 13 heteroatoms. The van der Waals surface area contributed by atoms with Crippen LogP contribution in [0.4, 0.5) is 10.6 Å². The largest absolute Gasteiger partial charge is 0.484 e. The number of benzene rings is 1. The van der Waals surface area contributed by atoms with Gasteiger partial charge in [0, 0.05) is 42.2 Å². The number of anilines is 1. The third kappa shape index (κ3) is 7.99. The Morgan fingerprint density at radius 1 is 0.961 bits per heavy atom. The number of fused-ring (bicyclic) bond motifs is 2. The molecule has 1 aliphatic carbocycles. The molecule has 51 heavy (non-hydrogen) atoms. The second-order valence-electron chi connectivity index (χ2n) is 16.0. The van der Waals surface area contributed by atoms with Gasteiger partial charge in [0.2, 0.25) is 5.82 Å². The number of ether oxygens (including phenoxy) is 2. The molecule has 4 heterocycles. The molecule has 3 amide bonds. The summed E-state index contributed by atoms with van der Waals surface area (Å²) in [5.41, 5.74) is 2.65. The van der Waals surface area contributed by atoms with Crippen molar-refractivity contribution in [3.8, 4) is 5.75 Å². The highest BCUT2D eigenvalue weighted by molar-refractivity contribution is 5.92. The van der Waals surface area contributed by atoms with Crippen molar-refractivity contribution in [2.45, 2.75) is 95.7 Å². The lowest BCUT2D eigenvalue weighted by Crippen LogP contribution is -2.55. The Labute approximate surface area is 299 Å². The number of likely N-dealkylation sites (N-methyl/N-ethyl adjacent to an activating group) is 1. The molecule has 1 aliphatic heterocycles. The maximum Gasteiger partial charge on any atom is 0.320 e. The average molecular weight is 698 g/mol. The van der Waals surface area contributed by atoms with Crippen molar-refractivity contribution in [2.75, 3.05) is 39.2 Å². The molecule has 2 aliphatic rings. The monoisotopic (exact) mass is 697 g/mol. The number of amides is 3. The number of urea groups is 1. The second-order valence-corrected chi connectivity index (χ2v) is 16.0. The first-order valence-electron chi connectivity index (χ1n) is 17.7. The quantitative estimate of drug-likeness (QED) is 0.210. The Kier molecular flexibility index (Phi) is 10.1. The Bertz CT molecular complexity index is 1890. The van der Waals surface area contributed by atoms with E-state index in [-0.39, 0.29) is 46.1 Å². The summed E-state index contributed by atoms with van der Waals surface area (Å²) in [6.07, 6.45) is 4.74. The molecule has 0 radical (unpaired) electrons. The lowest BCUT2D eigenvalue weighted by Gasteiger charge is -2.42. The van der Waals surface area contributed by atoms with Crippen molar-refractivity contribution in [3.63, 3.8) is 0 Å². The summed E-state index contributed by atoms with van der Waals surface area (Å²) in [6.45, 7) is 14.1. The zero-order chi connectivity index (χ0) is 36.6. The lowest BCUT2D eigenvalue weighted by atomic mass is 9.85. The Morgan fingerprint density at radius 2 is 1.69 bits per heavy atom. The van der Waals surface area contributed by atoms with E-state index in [1.165, 1.54) is 0 Å². The Morgan fingerprint density at radius 3 is 2.37 bits per heavy atom. The zero-order valence-electron chi connectivity index (χ0n) is 31.0. The van der Waals surface area contributed by atoms with Gasteiger partial charge in [-0.3, -0.25) is 14.5 Å². The molecule has 6 rings (SSSR count). The van der Waals surface area contributed by atoms with Crippen LogP contribution in [0.15, 0.2) is 48.7 Å². The number of nitrogens with zero attached hydrogens (tertiary/aromatic N) is 6. The van der Waals surface area contributed by atoms with Gasteiger partial charge in [-0.1, -0.05) is 65.8 Å². The summed E-state index contributed by atoms with van der Waals surface area (Å²) in [5.74, 6) is 1.47. The SMILES string of the molecule is CN(C)C1(CNC(=O)c2nc(NC(=O)N[C@H]3CC[C@@H](Oc4ccc5nnc(C(C)(C)C)n5c4)c4ccccc43)cc(C(C)(C)C)n2)CCOCC1. The molecule has 0 bridgehead atoms. The first kappa shape index (κ1) is 36.2. The highest BCUT2D eigenvalue weighted by Crippen LogP contribution is 2.39. The van der Waals surface area contributed by atoms with Crippen LogP contribution in [0.25, 0.3) is 5.65 Å². The van der Waals surface area contributed by atoms with E-state index < -0.39 is 6.03 Å². The van der Waals surface area contributed by atoms with Gasteiger partial charge in [0.25, 0.3) is 5.91 Å². The maximum absolute atomic E-state index is 13.5. The van der Waals surface area contributed by atoms with Crippen LogP contribution >= 0.6 is 0 Å². The van der Waals surface area contributed by atoms with Crippen LogP contribution in [-0.4, -0.2) is 80.8 Å². The van der Waals surface area contributed by atoms with Crippen molar-refractivity contribution in [1.29, 1.82) is 0 Å². The Balaban J connectivity index is 1.16. The third-order valence-electron chi connectivity index (χ3n) is 9.95. The molecule has 13 nitrogen and oxygen atoms in total. The van der Waals surface area contributed by atoms with Gasteiger partial charge in [-0.25, -0.2) is 14.8 Å². The van der Waals surface area contributed by atoms with Crippen molar-refractivity contribution < 1.29 is 19.1 Å². The molecule has 3 aromatic heterocycles. The van der Waals surface area contributed by atoms with Gasteiger partial charge < -0.3 is 25.0 Å². The van der Waals surface area contributed by atoms with Gasteiger partial charge in [-0.2, -0.15) is 0 Å². The van der Waals surface area contributed by atoms with Crippen LogP contribution in [0.1, 0.15) is 113 Å². The lowest BCUT2D eigenvalue weighted by molar-refractivity contribution is -0.00662.